The van der Waals surface area contributed by atoms with Gasteiger partial charge < -0.3 is 10.6 Å². The van der Waals surface area contributed by atoms with E-state index in [9.17, 15) is 0 Å². The van der Waals surface area contributed by atoms with Crippen LogP contribution in [0.15, 0.2) is 34.9 Å². The van der Waals surface area contributed by atoms with Gasteiger partial charge in [0.2, 0.25) is 0 Å². The van der Waals surface area contributed by atoms with E-state index >= 15 is 0 Å². The summed E-state index contributed by atoms with van der Waals surface area (Å²) in [5, 5.41) is 2.35. The molecule has 0 saturated heterocycles. The van der Waals surface area contributed by atoms with Crippen molar-refractivity contribution in [2.45, 2.75) is 19.4 Å². The summed E-state index contributed by atoms with van der Waals surface area (Å²) in [6.07, 6.45) is 2.82. The summed E-state index contributed by atoms with van der Waals surface area (Å²) in [7, 11) is 2.07. The van der Waals surface area contributed by atoms with E-state index in [1.165, 1.54) is 10.8 Å². The highest BCUT2D eigenvalue weighted by atomic mass is 79.9. The van der Waals surface area contributed by atoms with E-state index in [0.717, 1.165) is 16.7 Å². The molecule has 18 heavy (non-hydrogen) atoms. The van der Waals surface area contributed by atoms with Crippen molar-refractivity contribution in [2.24, 2.45) is 5.73 Å². The van der Waals surface area contributed by atoms with Crippen molar-refractivity contribution >= 4 is 32.5 Å². The molecule has 1 heterocycles. The fourth-order valence-corrected chi connectivity index (χ4v) is 2.58. The molecular weight excluding hydrogens is 290 g/mol. The molecule has 0 bridgehead atoms. The summed E-state index contributed by atoms with van der Waals surface area (Å²) < 4.78 is 1.10. The van der Waals surface area contributed by atoms with Crippen molar-refractivity contribution < 1.29 is 0 Å². The van der Waals surface area contributed by atoms with E-state index in [1.54, 1.807) is 0 Å². The summed E-state index contributed by atoms with van der Waals surface area (Å²) in [5.41, 5.74) is 5.63. The molecule has 0 aliphatic rings. The Morgan fingerprint density at radius 1 is 1.33 bits per heavy atom. The third kappa shape index (κ3) is 2.49. The minimum atomic E-state index is 0.382. The second-order valence-corrected chi connectivity index (χ2v) is 5.36. The number of aromatic nitrogens is 1. The summed E-state index contributed by atoms with van der Waals surface area (Å²) in [5.74, 6) is 1.01. The Balaban J connectivity index is 2.48. The molecule has 96 valence electrons. The molecule has 0 fully saturated rings. The molecule has 1 aromatic carbocycles. The maximum Gasteiger partial charge on any atom is 0.136 e. The Kier molecular flexibility index (Phi) is 4.19. The Bertz CT molecular complexity index is 542. The maximum atomic E-state index is 5.63. The van der Waals surface area contributed by atoms with Gasteiger partial charge in [-0.05, 0) is 32.0 Å². The minimum Gasteiger partial charge on any atom is -0.356 e. The minimum absolute atomic E-state index is 0.382. The van der Waals surface area contributed by atoms with Crippen LogP contribution in [0.5, 0.6) is 0 Å². The van der Waals surface area contributed by atoms with Crippen molar-refractivity contribution in [1.29, 1.82) is 0 Å². The van der Waals surface area contributed by atoms with Gasteiger partial charge in [0, 0.05) is 34.5 Å². The highest BCUT2D eigenvalue weighted by Crippen LogP contribution is 2.30. The number of hydrogen-bond donors (Lipinski definition) is 1. The van der Waals surface area contributed by atoms with Gasteiger partial charge in [0.05, 0.1) is 0 Å². The average Bonchev–Trinajstić information content (AvgIpc) is 2.38. The van der Waals surface area contributed by atoms with Crippen LogP contribution >= 0.6 is 15.9 Å². The first-order valence-corrected chi connectivity index (χ1v) is 6.90. The van der Waals surface area contributed by atoms with Gasteiger partial charge in [-0.3, -0.25) is 0 Å². The summed E-state index contributed by atoms with van der Waals surface area (Å²) >= 11 is 3.58. The van der Waals surface area contributed by atoms with E-state index in [1.807, 2.05) is 18.3 Å². The van der Waals surface area contributed by atoms with E-state index in [4.69, 9.17) is 5.73 Å². The molecule has 4 heteroatoms. The highest BCUT2D eigenvalue weighted by molar-refractivity contribution is 9.10. The van der Waals surface area contributed by atoms with Crippen LogP contribution in [0.3, 0.4) is 0 Å². The van der Waals surface area contributed by atoms with Gasteiger partial charge in [0.15, 0.2) is 0 Å². The SMILES string of the molecule is CC(CCN)N(C)c1nccc2c(Br)cccc12. The van der Waals surface area contributed by atoms with E-state index in [0.29, 0.717) is 12.6 Å². The number of benzene rings is 1. The van der Waals surface area contributed by atoms with Crippen molar-refractivity contribution in [1.82, 2.24) is 4.98 Å². The van der Waals surface area contributed by atoms with Gasteiger partial charge in [-0.1, -0.05) is 28.1 Å². The molecule has 0 amide bonds. The third-order valence-corrected chi connectivity index (χ3v) is 4.00. The van der Waals surface area contributed by atoms with Crippen LogP contribution in [-0.2, 0) is 0 Å². The third-order valence-electron chi connectivity index (χ3n) is 3.31. The van der Waals surface area contributed by atoms with E-state index in [-0.39, 0.29) is 0 Å². The van der Waals surface area contributed by atoms with E-state index < -0.39 is 0 Å². The van der Waals surface area contributed by atoms with Crippen LogP contribution < -0.4 is 10.6 Å². The molecule has 2 rings (SSSR count). The molecule has 0 radical (unpaired) electrons. The molecule has 0 spiro atoms. The lowest BCUT2D eigenvalue weighted by molar-refractivity contribution is 0.631. The Hall–Kier alpha value is -1.13. The fourth-order valence-electron chi connectivity index (χ4n) is 2.08. The molecule has 0 saturated carbocycles. The topological polar surface area (TPSA) is 42.1 Å². The first-order valence-electron chi connectivity index (χ1n) is 6.11. The number of halogens is 1. The number of fused-ring (bicyclic) bond motifs is 1. The van der Waals surface area contributed by atoms with Crippen molar-refractivity contribution in [3.05, 3.63) is 34.9 Å². The molecule has 3 nitrogen and oxygen atoms in total. The second kappa shape index (κ2) is 5.67. The van der Waals surface area contributed by atoms with Crippen LogP contribution in [0.4, 0.5) is 5.82 Å². The number of hydrogen-bond acceptors (Lipinski definition) is 3. The predicted octanol–water partition coefficient (Wildman–Crippen LogP) is 3.17. The zero-order valence-electron chi connectivity index (χ0n) is 10.7. The summed E-state index contributed by atoms with van der Waals surface area (Å²) in [4.78, 5) is 6.71. The van der Waals surface area contributed by atoms with Gasteiger partial charge in [-0.2, -0.15) is 0 Å². The van der Waals surface area contributed by atoms with Gasteiger partial charge in [-0.25, -0.2) is 4.98 Å². The molecule has 1 aromatic heterocycles. The average molecular weight is 308 g/mol. The van der Waals surface area contributed by atoms with Gasteiger partial charge in [0.1, 0.15) is 5.82 Å². The molecule has 2 N–H and O–H groups in total. The molecule has 0 aliphatic carbocycles. The highest BCUT2D eigenvalue weighted by Gasteiger charge is 2.13. The first kappa shape index (κ1) is 13.3. The number of nitrogens with zero attached hydrogens (tertiary/aromatic N) is 2. The quantitative estimate of drug-likeness (QED) is 0.943. The number of pyridine rings is 1. The summed E-state index contributed by atoms with van der Waals surface area (Å²) in [6, 6.07) is 8.61. The van der Waals surface area contributed by atoms with Gasteiger partial charge in [0.25, 0.3) is 0 Å². The second-order valence-electron chi connectivity index (χ2n) is 4.51. The van der Waals surface area contributed by atoms with Crippen molar-refractivity contribution in [3.63, 3.8) is 0 Å². The molecule has 1 atom stereocenters. The Morgan fingerprint density at radius 2 is 2.11 bits per heavy atom. The number of nitrogens with two attached hydrogens (primary N) is 1. The molecule has 1 unspecified atom stereocenters. The van der Waals surface area contributed by atoms with Crippen LogP contribution in [-0.4, -0.2) is 24.6 Å². The zero-order chi connectivity index (χ0) is 13.1. The number of anilines is 1. The lowest BCUT2D eigenvalue weighted by Gasteiger charge is -2.26. The predicted molar refractivity (Wildman–Crippen MR) is 81.0 cm³/mol. The van der Waals surface area contributed by atoms with E-state index in [2.05, 4.69) is 51.9 Å². The first-order chi connectivity index (χ1) is 8.65. The normalized spacial score (nSPS) is 12.7. The largest absolute Gasteiger partial charge is 0.356 e. The number of rotatable bonds is 4. The maximum absolute atomic E-state index is 5.63. The molecular formula is C14H18BrN3. The fraction of sp³-hybridized carbons (Fsp3) is 0.357. The monoisotopic (exact) mass is 307 g/mol. The van der Waals surface area contributed by atoms with Crippen molar-refractivity contribution in [2.75, 3.05) is 18.5 Å². The van der Waals surface area contributed by atoms with Crippen LogP contribution in [0, 0.1) is 0 Å². The van der Waals surface area contributed by atoms with Crippen LogP contribution in [0.1, 0.15) is 13.3 Å². The Morgan fingerprint density at radius 3 is 2.83 bits per heavy atom. The molecule has 2 aromatic rings. The standard InChI is InChI=1S/C14H18BrN3/c1-10(6-8-16)18(2)14-12-4-3-5-13(15)11(12)7-9-17-14/h3-5,7,9-10H,6,8,16H2,1-2H3. The smallest absolute Gasteiger partial charge is 0.136 e. The van der Waals surface area contributed by atoms with Gasteiger partial charge in [-0.15, -0.1) is 0 Å². The lowest BCUT2D eigenvalue weighted by Crippen LogP contribution is -2.31. The molecule has 0 aliphatic heterocycles. The Labute approximate surface area is 116 Å². The van der Waals surface area contributed by atoms with Crippen LogP contribution in [0.2, 0.25) is 0 Å². The van der Waals surface area contributed by atoms with Crippen molar-refractivity contribution in [3.8, 4) is 0 Å². The zero-order valence-corrected chi connectivity index (χ0v) is 12.3. The summed E-state index contributed by atoms with van der Waals surface area (Å²) in [6.45, 7) is 2.87. The lowest BCUT2D eigenvalue weighted by atomic mass is 10.1. The van der Waals surface area contributed by atoms with Crippen LogP contribution in [0.25, 0.3) is 10.8 Å². The van der Waals surface area contributed by atoms with Gasteiger partial charge >= 0.3 is 0 Å².